The van der Waals surface area contributed by atoms with E-state index in [1.165, 1.54) is 0 Å². The highest BCUT2D eigenvalue weighted by Crippen LogP contribution is 2.15. The van der Waals surface area contributed by atoms with Crippen molar-refractivity contribution in [2.45, 2.75) is 33.1 Å². The maximum Gasteiger partial charge on any atom is 0.158 e. The fourth-order valence-electron chi connectivity index (χ4n) is 1.50. The van der Waals surface area contributed by atoms with Gasteiger partial charge in [-0.25, -0.2) is 14.6 Å². The van der Waals surface area contributed by atoms with E-state index in [1.54, 1.807) is 4.68 Å². The molecule has 17 heavy (non-hydrogen) atoms. The molecule has 2 aromatic heterocycles. The summed E-state index contributed by atoms with van der Waals surface area (Å²) in [5.74, 6) is 2.04. The van der Waals surface area contributed by atoms with Gasteiger partial charge in [0.2, 0.25) is 0 Å². The predicted octanol–water partition coefficient (Wildman–Crippen LogP) is 3.11. The first-order chi connectivity index (χ1) is 8.10. The molecule has 2 rings (SSSR count). The standard InChI is InChI=1S/C12H15BrN4/c1-4-11-14-10(13)7-12(15-11)17-6-5-9(16-17)8(2)3/h5-8H,4H2,1-3H3. The average molecular weight is 295 g/mol. The van der Waals surface area contributed by atoms with Crippen molar-refractivity contribution in [2.24, 2.45) is 0 Å². The molecule has 0 saturated heterocycles. The van der Waals surface area contributed by atoms with Crippen LogP contribution in [0.3, 0.4) is 0 Å². The summed E-state index contributed by atoms with van der Waals surface area (Å²) in [6, 6.07) is 3.89. The normalized spacial score (nSPS) is 11.1. The van der Waals surface area contributed by atoms with Crippen LogP contribution in [0.25, 0.3) is 5.82 Å². The molecule has 5 heteroatoms. The predicted molar refractivity (Wildman–Crippen MR) is 70.3 cm³/mol. The Bertz CT molecular complexity index is 519. The fraction of sp³-hybridized carbons (Fsp3) is 0.417. The Hall–Kier alpha value is -1.23. The summed E-state index contributed by atoms with van der Waals surface area (Å²) >= 11 is 3.39. The van der Waals surface area contributed by atoms with Crippen LogP contribution in [0.4, 0.5) is 0 Å². The smallest absolute Gasteiger partial charge is 0.158 e. The van der Waals surface area contributed by atoms with E-state index in [4.69, 9.17) is 0 Å². The topological polar surface area (TPSA) is 43.6 Å². The highest BCUT2D eigenvalue weighted by atomic mass is 79.9. The summed E-state index contributed by atoms with van der Waals surface area (Å²) in [4.78, 5) is 8.74. The van der Waals surface area contributed by atoms with Gasteiger partial charge in [-0.1, -0.05) is 20.8 Å². The summed E-state index contributed by atoms with van der Waals surface area (Å²) in [5.41, 5.74) is 1.07. The van der Waals surface area contributed by atoms with E-state index in [9.17, 15) is 0 Å². The third kappa shape index (κ3) is 2.72. The summed E-state index contributed by atoms with van der Waals surface area (Å²) in [6.45, 7) is 6.29. The highest BCUT2D eigenvalue weighted by molar-refractivity contribution is 9.10. The summed E-state index contributed by atoms with van der Waals surface area (Å²) in [5, 5.41) is 4.50. The van der Waals surface area contributed by atoms with E-state index in [-0.39, 0.29) is 0 Å². The number of nitrogens with zero attached hydrogens (tertiary/aromatic N) is 4. The molecule has 0 aliphatic carbocycles. The van der Waals surface area contributed by atoms with Gasteiger partial charge in [0.15, 0.2) is 5.82 Å². The molecular formula is C12H15BrN4. The van der Waals surface area contributed by atoms with Crippen molar-refractivity contribution in [1.29, 1.82) is 0 Å². The van der Waals surface area contributed by atoms with Gasteiger partial charge in [0.25, 0.3) is 0 Å². The van der Waals surface area contributed by atoms with Crippen molar-refractivity contribution in [1.82, 2.24) is 19.7 Å². The highest BCUT2D eigenvalue weighted by Gasteiger charge is 2.07. The number of hydrogen-bond acceptors (Lipinski definition) is 3. The Morgan fingerprint density at radius 3 is 2.71 bits per heavy atom. The third-order valence-electron chi connectivity index (χ3n) is 2.48. The molecule has 0 aliphatic heterocycles. The van der Waals surface area contributed by atoms with Crippen LogP contribution in [0.5, 0.6) is 0 Å². The molecule has 4 nitrogen and oxygen atoms in total. The number of halogens is 1. The Morgan fingerprint density at radius 1 is 1.35 bits per heavy atom. The van der Waals surface area contributed by atoms with Gasteiger partial charge in [-0.15, -0.1) is 0 Å². The first-order valence-electron chi connectivity index (χ1n) is 5.69. The molecule has 90 valence electrons. The summed E-state index contributed by atoms with van der Waals surface area (Å²) in [6.07, 6.45) is 2.74. The lowest BCUT2D eigenvalue weighted by molar-refractivity contribution is 0.747. The van der Waals surface area contributed by atoms with Crippen molar-refractivity contribution >= 4 is 15.9 Å². The SMILES string of the molecule is CCc1nc(Br)cc(-n2ccc(C(C)C)n2)n1. The molecule has 0 saturated carbocycles. The second-order valence-corrected chi connectivity index (χ2v) is 4.97. The minimum Gasteiger partial charge on any atom is -0.226 e. The second-order valence-electron chi connectivity index (χ2n) is 4.16. The molecule has 0 bridgehead atoms. The van der Waals surface area contributed by atoms with Gasteiger partial charge >= 0.3 is 0 Å². The minimum atomic E-state index is 0.423. The van der Waals surface area contributed by atoms with Gasteiger partial charge in [-0.2, -0.15) is 5.10 Å². The first kappa shape index (κ1) is 12.2. The molecule has 2 aromatic rings. The Balaban J connectivity index is 2.41. The monoisotopic (exact) mass is 294 g/mol. The molecule has 0 unspecified atom stereocenters. The van der Waals surface area contributed by atoms with E-state index < -0.39 is 0 Å². The molecule has 0 aliphatic rings. The van der Waals surface area contributed by atoms with Crippen LogP contribution in [0.15, 0.2) is 22.9 Å². The minimum absolute atomic E-state index is 0.423. The Morgan fingerprint density at radius 2 is 2.12 bits per heavy atom. The van der Waals surface area contributed by atoms with Gasteiger partial charge in [-0.3, -0.25) is 0 Å². The molecule has 0 amide bonds. The van der Waals surface area contributed by atoms with Crippen molar-refractivity contribution < 1.29 is 0 Å². The van der Waals surface area contributed by atoms with Crippen molar-refractivity contribution in [3.63, 3.8) is 0 Å². The van der Waals surface area contributed by atoms with Gasteiger partial charge in [-0.05, 0) is 27.9 Å². The summed E-state index contributed by atoms with van der Waals surface area (Å²) in [7, 11) is 0. The van der Waals surface area contributed by atoms with Gasteiger partial charge < -0.3 is 0 Å². The van der Waals surface area contributed by atoms with Crippen LogP contribution in [0, 0.1) is 0 Å². The van der Waals surface area contributed by atoms with Crippen LogP contribution in [-0.2, 0) is 6.42 Å². The van der Waals surface area contributed by atoms with Gasteiger partial charge in [0.05, 0.1) is 5.69 Å². The van der Waals surface area contributed by atoms with Crippen molar-refractivity contribution in [2.75, 3.05) is 0 Å². The van der Waals surface area contributed by atoms with E-state index >= 15 is 0 Å². The Labute approximate surface area is 109 Å². The molecule has 0 fully saturated rings. The lowest BCUT2D eigenvalue weighted by atomic mass is 10.1. The van der Waals surface area contributed by atoms with Crippen LogP contribution in [0.1, 0.15) is 38.2 Å². The van der Waals surface area contributed by atoms with Crippen LogP contribution >= 0.6 is 15.9 Å². The van der Waals surface area contributed by atoms with Crippen molar-refractivity contribution in [3.8, 4) is 5.82 Å². The molecule has 0 aromatic carbocycles. The third-order valence-corrected chi connectivity index (χ3v) is 2.89. The number of rotatable bonds is 3. The fourth-order valence-corrected chi connectivity index (χ4v) is 1.91. The van der Waals surface area contributed by atoms with E-state index in [2.05, 4.69) is 44.8 Å². The lowest BCUT2D eigenvalue weighted by Crippen LogP contribution is -2.04. The maximum absolute atomic E-state index is 4.50. The quantitative estimate of drug-likeness (QED) is 0.817. The molecule has 0 spiro atoms. The molecule has 0 radical (unpaired) electrons. The van der Waals surface area contributed by atoms with Crippen LogP contribution in [-0.4, -0.2) is 19.7 Å². The largest absolute Gasteiger partial charge is 0.226 e. The molecule has 2 heterocycles. The molecular weight excluding hydrogens is 280 g/mol. The summed E-state index contributed by atoms with van der Waals surface area (Å²) < 4.78 is 2.59. The lowest BCUT2D eigenvalue weighted by Gasteiger charge is -2.04. The van der Waals surface area contributed by atoms with E-state index in [0.717, 1.165) is 28.4 Å². The van der Waals surface area contributed by atoms with E-state index in [0.29, 0.717) is 5.92 Å². The second kappa shape index (κ2) is 4.96. The van der Waals surface area contributed by atoms with Gasteiger partial charge in [0, 0.05) is 18.7 Å². The van der Waals surface area contributed by atoms with Crippen LogP contribution < -0.4 is 0 Å². The average Bonchev–Trinajstić information content (AvgIpc) is 2.77. The first-order valence-corrected chi connectivity index (χ1v) is 6.49. The molecule has 0 atom stereocenters. The van der Waals surface area contributed by atoms with Crippen LogP contribution in [0.2, 0.25) is 0 Å². The number of hydrogen-bond donors (Lipinski definition) is 0. The van der Waals surface area contributed by atoms with E-state index in [1.807, 2.05) is 25.3 Å². The number of aryl methyl sites for hydroxylation is 1. The zero-order valence-corrected chi connectivity index (χ0v) is 11.8. The maximum atomic E-state index is 4.50. The van der Waals surface area contributed by atoms with Gasteiger partial charge in [0.1, 0.15) is 10.4 Å². The zero-order chi connectivity index (χ0) is 12.4. The van der Waals surface area contributed by atoms with Crippen molar-refractivity contribution in [3.05, 3.63) is 34.5 Å². The number of aromatic nitrogens is 4. The molecule has 0 N–H and O–H groups in total. The zero-order valence-electron chi connectivity index (χ0n) is 10.2. The Kier molecular flexibility index (Phi) is 3.57.